The Balaban J connectivity index is 1.39. The number of hydrogen-bond acceptors (Lipinski definition) is 7. The Morgan fingerprint density at radius 1 is 1.05 bits per heavy atom. The maximum absolute atomic E-state index is 13.9. The summed E-state index contributed by atoms with van der Waals surface area (Å²) < 4.78 is 10.9. The molecule has 0 saturated carbocycles. The summed E-state index contributed by atoms with van der Waals surface area (Å²) in [4.78, 5) is 36.5. The van der Waals surface area contributed by atoms with Crippen LogP contribution >= 0.6 is 0 Å². The molecule has 2 amide bonds. The Kier molecular flexibility index (Phi) is 9.70. The Morgan fingerprint density at radius 3 is 2.52 bits per heavy atom. The number of amides is 2. The zero-order chi connectivity index (χ0) is 27.9. The third kappa shape index (κ3) is 7.01. The van der Waals surface area contributed by atoms with Crippen LogP contribution < -0.4 is 10.1 Å². The minimum absolute atomic E-state index is 0.0590. The van der Waals surface area contributed by atoms with Crippen LogP contribution in [0.15, 0.2) is 48.5 Å². The number of ether oxygens (including phenoxy) is 2. The van der Waals surface area contributed by atoms with E-state index in [1.807, 2.05) is 28.0 Å². The van der Waals surface area contributed by atoms with Gasteiger partial charge in [0.1, 0.15) is 11.8 Å². The van der Waals surface area contributed by atoms with Gasteiger partial charge in [0.15, 0.2) is 0 Å². The van der Waals surface area contributed by atoms with Crippen molar-refractivity contribution in [1.29, 1.82) is 0 Å². The maximum Gasteiger partial charge on any atom is 0.254 e. The molecule has 2 aromatic carbocycles. The SMILES string of the molecule is COc1cccc(C(=O)N2CC(N(CCN3CCOCC3)Cc3ccc(C)cc3)CC2C(=O)N2CCNCC2)c1. The molecular formula is C31H43N5O4. The molecule has 3 aliphatic rings. The fourth-order valence-electron chi connectivity index (χ4n) is 5.97. The quantitative estimate of drug-likeness (QED) is 0.512. The van der Waals surface area contributed by atoms with E-state index in [-0.39, 0.29) is 17.9 Å². The molecule has 0 spiro atoms. The first kappa shape index (κ1) is 28.5. The standard InChI is InChI=1S/C31H43N5O4/c1-24-6-8-25(9-7-24)22-35(15-14-33-16-18-40-19-17-33)27-21-29(31(38)34-12-10-32-11-13-34)36(23-27)30(37)26-4-3-5-28(20-26)39-2/h3-9,20,27,29,32H,10-19,21-23H2,1-2H3. The van der Waals surface area contributed by atoms with Crippen molar-refractivity contribution in [3.63, 3.8) is 0 Å². The van der Waals surface area contributed by atoms with Gasteiger partial charge in [-0.1, -0.05) is 35.9 Å². The first-order valence-electron chi connectivity index (χ1n) is 14.6. The van der Waals surface area contributed by atoms with Gasteiger partial charge in [-0.15, -0.1) is 0 Å². The molecule has 5 rings (SSSR count). The predicted octanol–water partition coefficient (Wildman–Crippen LogP) is 1.85. The van der Waals surface area contributed by atoms with Gasteiger partial charge in [-0.05, 0) is 37.1 Å². The van der Waals surface area contributed by atoms with Crippen LogP contribution in [-0.4, -0.2) is 123 Å². The molecule has 0 aromatic heterocycles. The molecule has 0 aliphatic carbocycles. The second-order valence-corrected chi connectivity index (χ2v) is 11.1. The molecule has 3 aliphatic heterocycles. The number of benzene rings is 2. The van der Waals surface area contributed by atoms with Crippen molar-refractivity contribution in [3.05, 3.63) is 65.2 Å². The molecule has 216 valence electrons. The summed E-state index contributed by atoms with van der Waals surface area (Å²) >= 11 is 0. The van der Waals surface area contributed by atoms with Crippen molar-refractivity contribution in [2.75, 3.05) is 79.2 Å². The summed E-state index contributed by atoms with van der Waals surface area (Å²) in [5, 5.41) is 3.33. The van der Waals surface area contributed by atoms with Crippen LogP contribution in [0.25, 0.3) is 0 Å². The van der Waals surface area contributed by atoms with E-state index >= 15 is 0 Å². The number of carbonyl (C=O) groups excluding carboxylic acids is 2. The van der Waals surface area contributed by atoms with Crippen LogP contribution in [0.4, 0.5) is 0 Å². The summed E-state index contributed by atoms with van der Waals surface area (Å²) in [6.45, 7) is 11.5. The second-order valence-electron chi connectivity index (χ2n) is 11.1. The number of piperazine rings is 1. The first-order chi connectivity index (χ1) is 19.5. The number of likely N-dealkylation sites (tertiary alicyclic amines) is 1. The topological polar surface area (TPSA) is 77.6 Å². The van der Waals surface area contributed by atoms with Crippen molar-refractivity contribution in [2.45, 2.75) is 32.0 Å². The van der Waals surface area contributed by atoms with Crippen LogP contribution in [0, 0.1) is 6.92 Å². The zero-order valence-corrected chi connectivity index (χ0v) is 23.9. The van der Waals surface area contributed by atoms with E-state index in [0.717, 1.165) is 59.0 Å². The van der Waals surface area contributed by atoms with Gasteiger partial charge in [0, 0.05) is 77.1 Å². The average molecular weight is 550 g/mol. The highest BCUT2D eigenvalue weighted by molar-refractivity contribution is 5.98. The molecule has 3 fully saturated rings. The van der Waals surface area contributed by atoms with E-state index in [2.05, 4.69) is 46.3 Å². The van der Waals surface area contributed by atoms with Crippen LogP contribution in [0.1, 0.15) is 27.9 Å². The minimum Gasteiger partial charge on any atom is -0.497 e. The predicted molar refractivity (Wildman–Crippen MR) is 155 cm³/mol. The monoisotopic (exact) mass is 549 g/mol. The van der Waals surface area contributed by atoms with E-state index in [0.29, 0.717) is 37.4 Å². The lowest BCUT2D eigenvalue weighted by Gasteiger charge is -2.33. The second kappa shape index (κ2) is 13.6. The zero-order valence-electron chi connectivity index (χ0n) is 23.9. The number of morpholine rings is 1. The van der Waals surface area contributed by atoms with Gasteiger partial charge in [-0.3, -0.25) is 19.4 Å². The molecule has 9 heteroatoms. The summed E-state index contributed by atoms with van der Waals surface area (Å²) in [7, 11) is 1.60. The summed E-state index contributed by atoms with van der Waals surface area (Å²) in [6.07, 6.45) is 0.632. The highest BCUT2D eigenvalue weighted by atomic mass is 16.5. The number of hydrogen-bond donors (Lipinski definition) is 1. The van der Waals surface area contributed by atoms with E-state index in [1.165, 1.54) is 11.1 Å². The molecule has 0 bridgehead atoms. The highest BCUT2D eigenvalue weighted by Crippen LogP contribution is 2.28. The summed E-state index contributed by atoms with van der Waals surface area (Å²) in [5.41, 5.74) is 3.04. The summed E-state index contributed by atoms with van der Waals surface area (Å²) in [5.74, 6) is 0.583. The first-order valence-corrected chi connectivity index (χ1v) is 14.6. The van der Waals surface area contributed by atoms with Crippen molar-refractivity contribution in [3.8, 4) is 5.75 Å². The molecule has 2 aromatic rings. The molecular weight excluding hydrogens is 506 g/mol. The van der Waals surface area contributed by atoms with Gasteiger partial charge in [0.05, 0.1) is 20.3 Å². The number of aryl methyl sites for hydroxylation is 1. The lowest BCUT2D eigenvalue weighted by atomic mass is 10.1. The Hall–Kier alpha value is -2.98. The van der Waals surface area contributed by atoms with Gasteiger partial charge in [0.2, 0.25) is 5.91 Å². The highest BCUT2D eigenvalue weighted by Gasteiger charge is 2.43. The van der Waals surface area contributed by atoms with Gasteiger partial charge >= 0.3 is 0 Å². The van der Waals surface area contributed by atoms with E-state index in [4.69, 9.17) is 9.47 Å². The van der Waals surface area contributed by atoms with E-state index in [1.54, 1.807) is 13.2 Å². The molecule has 0 radical (unpaired) electrons. The lowest BCUT2D eigenvalue weighted by Crippen LogP contribution is -2.53. The van der Waals surface area contributed by atoms with Crippen LogP contribution in [0.5, 0.6) is 5.75 Å². The molecule has 2 unspecified atom stereocenters. The van der Waals surface area contributed by atoms with Crippen molar-refractivity contribution in [2.24, 2.45) is 0 Å². The molecule has 2 atom stereocenters. The van der Waals surface area contributed by atoms with Crippen LogP contribution in [-0.2, 0) is 16.1 Å². The van der Waals surface area contributed by atoms with Gasteiger partial charge in [-0.2, -0.15) is 0 Å². The molecule has 3 saturated heterocycles. The van der Waals surface area contributed by atoms with Gasteiger partial charge in [-0.25, -0.2) is 0 Å². The van der Waals surface area contributed by atoms with Crippen LogP contribution in [0.2, 0.25) is 0 Å². The number of carbonyl (C=O) groups is 2. The fourth-order valence-corrected chi connectivity index (χ4v) is 5.97. The van der Waals surface area contributed by atoms with E-state index < -0.39 is 6.04 Å². The number of rotatable bonds is 9. The average Bonchev–Trinajstić information content (AvgIpc) is 3.46. The minimum atomic E-state index is -0.481. The third-order valence-corrected chi connectivity index (χ3v) is 8.40. The number of methoxy groups -OCH3 is 1. The molecule has 9 nitrogen and oxygen atoms in total. The third-order valence-electron chi connectivity index (χ3n) is 8.40. The van der Waals surface area contributed by atoms with Crippen LogP contribution in [0.3, 0.4) is 0 Å². The lowest BCUT2D eigenvalue weighted by molar-refractivity contribution is -0.135. The number of nitrogens with one attached hydrogen (secondary N) is 1. The molecule has 3 heterocycles. The van der Waals surface area contributed by atoms with Gasteiger partial charge < -0.3 is 24.6 Å². The normalized spacial score (nSPS) is 22.1. The van der Waals surface area contributed by atoms with Crippen molar-refractivity contribution >= 4 is 11.8 Å². The van der Waals surface area contributed by atoms with Gasteiger partial charge in [0.25, 0.3) is 5.91 Å². The fraction of sp³-hybridized carbons (Fsp3) is 0.548. The summed E-state index contributed by atoms with van der Waals surface area (Å²) in [6, 6.07) is 15.5. The maximum atomic E-state index is 13.9. The Labute approximate surface area is 238 Å². The van der Waals surface area contributed by atoms with E-state index in [9.17, 15) is 9.59 Å². The molecule has 1 N–H and O–H groups in total. The van der Waals surface area contributed by atoms with Crippen molar-refractivity contribution in [1.82, 2.24) is 24.9 Å². The smallest absolute Gasteiger partial charge is 0.254 e. The largest absolute Gasteiger partial charge is 0.497 e. The van der Waals surface area contributed by atoms with Crippen molar-refractivity contribution < 1.29 is 19.1 Å². The Morgan fingerprint density at radius 2 is 1.80 bits per heavy atom. The molecule has 40 heavy (non-hydrogen) atoms. The Bertz CT molecular complexity index is 1130. The number of nitrogens with zero attached hydrogens (tertiary/aromatic N) is 4.